The van der Waals surface area contributed by atoms with Crippen molar-refractivity contribution in [1.82, 2.24) is 0 Å². The van der Waals surface area contributed by atoms with Crippen LogP contribution in [0.2, 0.25) is 10.0 Å². The van der Waals surface area contributed by atoms with Gasteiger partial charge in [0.25, 0.3) is 0 Å². The summed E-state index contributed by atoms with van der Waals surface area (Å²) >= 11 is 19.2. The maximum absolute atomic E-state index is 8.58. The molecular weight excluding hydrogens is 810 g/mol. The van der Waals surface area contributed by atoms with Crippen LogP contribution in [0, 0.1) is 0 Å². The van der Waals surface area contributed by atoms with Crippen LogP contribution in [0.5, 0.6) is 0 Å². The maximum atomic E-state index is 8.58. The number of halogens is 4. The summed E-state index contributed by atoms with van der Waals surface area (Å²) in [6.45, 7) is 0. The third kappa shape index (κ3) is 7.80. The topological polar surface area (TPSA) is 66.7 Å². The zero-order chi connectivity index (χ0) is 35.5. The van der Waals surface area contributed by atoms with Gasteiger partial charge in [-0.1, -0.05) is 130 Å². The summed E-state index contributed by atoms with van der Waals surface area (Å²) in [5.41, 5.74) is 8.55. The lowest BCUT2D eigenvalue weighted by atomic mass is 9.81. The molecule has 2 aromatic heterocycles. The molecule has 2 heterocycles. The van der Waals surface area contributed by atoms with E-state index in [1.807, 2.05) is 66.7 Å². The second-order valence-electron chi connectivity index (χ2n) is 11.7. The van der Waals surface area contributed by atoms with Gasteiger partial charge in [-0.15, -0.1) is 0 Å². The fourth-order valence-electron chi connectivity index (χ4n) is 5.88. The highest BCUT2D eigenvalue weighted by molar-refractivity contribution is 9.11. The first-order valence-corrected chi connectivity index (χ1v) is 18.2. The second-order valence-corrected chi connectivity index (χ2v) is 14.3. The number of furan rings is 2. The van der Waals surface area contributed by atoms with Crippen LogP contribution in [0.15, 0.2) is 169 Å². The lowest BCUT2D eigenvalue weighted by molar-refractivity contribution is 0.426. The predicted octanol–water partition coefficient (Wildman–Crippen LogP) is 12.7. The zero-order valence-electron chi connectivity index (χ0n) is 26.7. The molecule has 4 nitrogen and oxygen atoms in total. The van der Waals surface area contributed by atoms with Gasteiger partial charge in [0.15, 0.2) is 0 Å². The minimum Gasteiger partial charge on any atom is -0.455 e. The average Bonchev–Trinajstić information content (AvgIpc) is 3.71. The van der Waals surface area contributed by atoms with Crippen molar-refractivity contribution in [2.75, 3.05) is 0 Å². The van der Waals surface area contributed by atoms with Gasteiger partial charge in [-0.2, -0.15) is 0 Å². The third-order valence-electron chi connectivity index (χ3n) is 8.27. The van der Waals surface area contributed by atoms with Crippen LogP contribution in [0.4, 0.5) is 0 Å². The molecule has 51 heavy (non-hydrogen) atoms. The number of rotatable bonds is 3. The molecule has 7 aromatic carbocycles. The molecule has 0 saturated heterocycles. The first kappa shape index (κ1) is 35.1. The van der Waals surface area contributed by atoms with Gasteiger partial charge in [0.1, 0.15) is 22.3 Å². The van der Waals surface area contributed by atoms with E-state index in [2.05, 4.69) is 92.5 Å². The fourth-order valence-corrected chi connectivity index (χ4v) is 7.53. The molecule has 0 saturated carbocycles. The van der Waals surface area contributed by atoms with Gasteiger partial charge in [-0.3, -0.25) is 0 Å². The minimum atomic E-state index is -1.34. The first-order chi connectivity index (χ1) is 24.7. The normalized spacial score (nSPS) is 10.9. The van der Waals surface area contributed by atoms with E-state index >= 15 is 0 Å². The van der Waals surface area contributed by atoms with Crippen molar-refractivity contribution >= 4 is 112 Å². The Morgan fingerprint density at radius 2 is 0.980 bits per heavy atom. The van der Waals surface area contributed by atoms with Crippen molar-refractivity contribution in [2.24, 2.45) is 0 Å². The standard InChI is InChI=1S/C24H15ClO.C12H5Br2ClO.C6H7BO2/c25-19-11-12-23-21(15-19)22-14-18(16-7-3-1-4-8-16)13-20(24(22)26-23)17-9-5-2-6-10-17;13-6-3-9-8-5-7(15)1-2-11(8)16-12(9)10(14)4-6;8-7(9)6-4-2-1-3-5-6/h1-15H;1-5H;1-5,8-9H. The van der Waals surface area contributed by atoms with E-state index in [9.17, 15) is 0 Å². The highest BCUT2D eigenvalue weighted by Gasteiger charge is 2.16. The molecule has 0 atom stereocenters. The molecule has 0 aliphatic heterocycles. The summed E-state index contributed by atoms with van der Waals surface area (Å²) in [4.78, 5) is 0. The molecule has 0 aliphatic carbocycles. The van der Waals surface area contributed by atoms with Crippen molar-refractivity contribution in [1.29, 1.82) is 0 Å². The Hall–Kier alpha value is -4.34. The third-order valence-corrected chi connectivity index (χ3v) is 9.79. The van der Waals surface area contributed by atoms with Crippen LogP contribution in [-0.4, -0.2) is 17.2 Å². The molecule has 2 N–H and O–H groups in total. The molecule has 250 valence electrons. The summed E-state index contributed by atoms with van der Waals surface area (Å²) in [6.07, 6.45) is 0. The Morgan fingerprint density at radius 1 is 0.471 bits per heavy atom. The van der Waals surface area contributed by atoms with Crippen LogP contribution < -0.4 is 5.46 Å². The molecule has 0 spiro atoms. The van der Waals surface area contributed by atoms with Crippen molar-refractivity contribution in [2.45, 2.75) is 0 Å². The van der Waals surface area contributed by atoms with E-state index in [0.29, 0.717) is 15.5 Å². The number of hydrogen-bond acceptors (Lipinski definition) is 4. The van der Waals surface area contributed by atoms with E-state index in [1.54, 1.807) is 24.3 Å². The van der Waals surface area contributed by atoms with Crippen LogP contribution in [0.3, 0.4) is 0 Å². The summed E-state index contributed by atoms with van der Waals surface area (Å²) in [5, 5.41) is 22.8. The number of hydrogen-bond donors (Lipinski definition) is 2. The van der Waals surface area contributed by atoms with Gasteiger partial charge in [0.2, 0.25) is 0 Å². The van der Waals surface area contributed by atoms with Gasteiger partial charge in [0, 0.05) is 41.6 Å². The monoisotopic (exact) mass is 834 g/mol. The van der Waals surface area contributed by atoms with Gasteiger partial charge >= 0.3 is 7.12 Å². The van der Waals surface area contributed by atoms with Crippen LogP contribution in [0.1, 0.15) is 0 Å². The van der Waals surface area contributed by atoms with Crippen LogP contribution >= 0.6 is 55.1 Å². The van der Waals surface area contributed by atoms with Crippen molar-refractivity contribution in [3.05, 3.63) is 171 Å². The molecule has 9 heteroatoms. The van der Waals surface area contributed by atoms with E-state index < -0.39 is 7.12 Å². The quantitative estimate of drug-likeness (QED) is 0.174. The summed E-state index contributed by atoms with van der Waals surface area (Å²) in [7, 11) is -1.34. The molecule has 0 amide bonds. The zero-order valence-corrected chi connectivity index (χ0v) is 31.4. The lowest BCUT2D eigenvalue weighted by Gasteiger charge is -2.08. The molecule has 0 bridgehead atoms. The van der Waals surface area contributed by atoms with Crippen LogP contribution in [0.25, 0.3) is 66.1 Å². The van der Waals surface area contributed by atoms with Gasteiger partial charge < -0.3 is 18.9 Å². The predicted molar refractivity (Wildman–Crippen MR) is 220 cm³/mol. The first-order valence-electron chi connectivity index (χ1n) is 15.9. The van der Waals surface area contributed by atoms with Gasteiger partial charge in [-0.05, 0) is 98.7 Å². The highest BCUT2D eigenvalue weighted by atomic mass is 79.9. The van der Waals surface area contributed by atoms with Gasteiger partial charge in [-0.25, -0.2) is 0 Å². The fraction of sp³-hybridized carbons (Fsp3) is 0. The van der Waals surface area contributed by atoms with E-state index in [1.165, 1.54) is 11.1 Å². The SMILES string of the molecule is Clc1ccc2oc3c(-c4ccccc4)cc(-c4ccccc4)cc3c2c1.Clc1ccc2oc3c(Br)cc(Br)cc3c2c1.OB(O)c1ccccc1. The lowest BCUT2D eigenvalue weighted by Crippen LogP contribution is -2.29. The summed E-state index contributed by atoms with van der Waals surface area (Å²) in [6, 6.07) is 49.2. The Bertz CT molecular complexity index is 2610. The van der Waals surface area contributed by atoms with E-state index in [-0.39, 0.29) is 0 Å². The molecule has 0 aliphatic rings. The van der Waals surface area contributed by atoms with Gasteiger partial charge in [0.05, 0.1) is 4.47 Å². The van der Waals surface area contributed by atoms with E-state index in [0.717, 1.165) is 63.9 Å². The number of benzene rings is 7. The number of fused-ring (bicyclic) bond motifs is 6. The second kappa shape index (κ2) is 15.5. The molecule has 0 radical (unpaired) electrons. The average molecular weight is 837 g/mol. The molecular formula is C42H27BBr2Cl2O4. The Labute approximate surface area is 321 Å². The Balaban J connectivity index is 0.000000137. The van der Waals surface area contributed by atoms with Crippen LogP contribution in [-0.2, 0) is 0 Å². The van der Waals surface area contributed by atoms with Crippen molar-refractivity contribution < 1.29 is 18.9 Å². The van der Waals surface area contributed by atoms with E-state index in [4.69, 9.17) is 42.1 Å². The summed E-state index contributed by atoms with van der Waals surface area (Å²) in [5.74, 6) is 0. The molecule has 9 rings (SSSR count). The smallest absolute Gasteiger partial charge is 0.455 e. The maximum Gasteiger partial charge on any atom is 0.488 e. The largest absolute Gasteiger partial charge is 0.488 e. The van der Waals surface area contributed by atoms with Crippen molar-refractivity contribution in [3.8, 4) is 22.3 Å². The molecule has 9 aromatic rings. The molecule has 0 fully saturated rings. The van der Waals surface area contributed by atoms with Crippen molar-refractivity contribution in [3.63, 3.8) is 0 Å². The minimum absolute atomic E-state index is 0.525. The highest BCUT2D eigenvalue weighted by Crippen LogP contribution is 2.40. The molecule has 0 unspecified atom stereocenters. The summed E-state index contributed by atoms with van der Waals surface area (Å²) < 4.78 is 13.9. The Morgan fingerprint density at radius 3 is 1.53 bits per heavy atom. The Kier molecular flexibility index (Phi) is 10.7.